The van der Waals surface area contributed by atoms with Crippen LogP contribution in [-0.4, -0.2) is 41.8 Å². The van der Waals surface area contributed by atoms with Gasteiger partial charge in [-0.1, -0.05) is 67.6 Å². The molecule has 2 aromatic rings. The second kappa shape index (κ2) is 8.22. The number of rotatable bonds is 5. The smallest absolute Gasteiger partial charge is 0.127 e. The Hall–Kier alpha value is -1.68. The van der Waals surface area contributed by atoms with E-state index in [0.29, 0.717) is 12.0 Å². The molecule has 3 nitrogen and oxygen atoms in total. The van der Waals surface area contributed by atoms with Crippen LogP contribution in [0.3, 0.4) is 0 Å². The molecule has 2 aliphatic rings. The standard InChI is InChI=1S/C26H35NO2/c1-3-24(2)19-25(16-18-29-24)15-10-17-27(20-25)21-26(28,22-11-6-4-7-12-22)23-13-8-5-9-14-23/h4-9,11-14,28H,3,10,15-21H2,1-2H3/t24-,25+/m0/s1. The van der Waals surface area contributed by atoms with Crippen LogP contribution in [0.4, 0.5) is 0 Å². The molecule has 0 bridgehead atoms. The molecular weight excluding hydrogens is 358 g/mol. The van der Waals surface area contributed by atoms with Crippen molar-refractivity contribution in [2.24, 2.45) is 5.41 Å². The van der Waals surface area contributed by atoms with Crippen LogP contribution in [0.5, 0.6) is 0 Å². The monoisotopic (exact) mass is 393 g/mol. The lowest BCUT2D eigenvalue weighted by atomic mass is 9.68. The van der Waals surface area contributed by atoms with Crippen molar-refractivity contribution < 1.29 is 9.84 Å². The Labute approximate surface area is 175 Å². The quantitative estimate of drug-likeness (QED) is 0.777. The van der Waals surface area contributed by atoms with Crippen LogP contribution in [0.25, 0.3) is 0 Å². The van der Waals surface area contributed by atoms with Crippen molar-refractivity contribution in [2.45, 2.75) is 57.2 Å². The lowest BCUT2D eigenvalue weighted by molar-refractivity contribution is -0.137. The van der Waals surface area contributed by atoms with Gasteiger partial charge >= 0.3 is 0 Å². The van der Waals surface area contributed by atoms with Gasteiger partial charge in [0, 0.05) is 19.7 Å². The summed E-state index contributed by atoms with van der Waals surface area (Å²) < 4.78 is 6.15. The third-order valence-electron chi connectivity index (χ3n) is 7.28. The normalized spacial score (nSPS) is 28.5. The van der Waals surface area contributed by atoms with Gasteiger partial charge in [-0.2, -0.15) is 0 Å². The summed E-state index contributed by atoms with van der Waals surface area (Å²) in [6, 6.07) is 20.3. The summed E-state index contributed by atoms with van der Waals surface area (Å²) in [4.78, 5) is 2.50. The molecule has 2 fully saturated rings. The van der Waals surface area contributed by atoms with Crippen molar-refractivity contribution >= 4 is 0 Å². The summed E-state index contributed by atoms with van der Waals surface area (Å²) in [5, 5.41) is 12.0. The number of likely N-dealkylation sites (tertiary alicyclic amines) is 1. The SMILES string of the molecule is CC[C@@]1(C)C[C@@]2(CCCN(CC(O)(c3ccccc3)c3ccccc3)C2)CCO1. The number of hydrogen-bond donors (Lipinski definition) is 1. The summed E-state index contributed by atoms with van der Waals surface area (Å²) in [7, 11) is 0. The summed E-state index contributed by atoms with van der Waals surface area (Å²) in [6.45, 7) is 8.11. The second-order valence-electron chi connectivity index (χ2n) is 9.49. The van der Waals surface area contributed by atoms with Gasteiger partial charge in [0.25, 0.3) is 0 Å². The maximum absolute atomic E-state index is 12.0. The molecule has 2 saturated heterocycles. The summed E-state index contributed by atoms with van der Waals surface area (Å²) in [5.74, 6) is 0. The summed E-state index contributed by atoms with van der Waals surface area (Å²) in [5.41, 5.74) is 1.25. The first-order valence-electron chi connectivity index (χ1n) is 11.2. The topological polar surface area (TPSA) is 32.7 Å². The third kappa shape index (κ3) is 4.28. The van der Waals surface area contributed by atoms with Crippen molar-refractivity contribution in [1.29, 1.82) is 0 Å². The van der Waals surface area contributed by atoms with E-state index in [9.17, 15) is 5.11 Å². The highest BCUT2D eigenvalue weighted by Crippen LogP contribution is 2.46. The van der Waals surface area contributed by atoms with E-state index in [-0.39, 0.29) is 5.60 Å². The maximum Gasteiger partial charge on any atom is 0.127 e. The molecule has 0 unspecified atom stereocenters. The Morgan fingerprint density at radius 3 is 2.21 bits per heavy atom. The second-order valence-corrected chi connectivity index (χ2v) is 9.49. The van der Waals surface area contributed by atoms with Crippen LogP contribution in [0.1, 0.15) is 57.1 Å². The van der Waals surface area contributed by atoms with Gasteiger partial charge in [0.1, 0.15) is 5.60 Å². The molecule has 0 saturated carbocycles. The minimum atomic E-state index is -1.000. The molecule has 0 aliphatic carbocycles. The van der Waals surface area contributed by atoms with Gasteiger partial charge in [-0.25, -0.2) is 0 Å². The first-order chi connectivity index (χ1) is 14.0. The fourth-order valence-electron chi connectivity index (χ4n) is 5.57. The van der Waals surface area contributed by atoms with Gasteiger partial charge in [0.15, 0.2) is 0 Å². The largest absolute Gasteiger partial charge is 0.379 e. The number of β-amino-alcohol motifs (C(OH)–C–C–N with tert-alkyl or cyclic N) is 1. The van der Waals surface area contributed by atoms with Crippen LogP contribution in [0.15, 0.2) is 60.7 Å². The minimum absolute atomic E-state index is 0.00355. The molecule has 2 atom stereocenters. The van der Waals surface area contributed by atoms with E-state index in [0.717, 1.165) is 50.1 Å². The Balaban J connectivity index is 1.60. The van der Waals surface area contributed by atoms with Gasteiger partial charge in [0.2, 0.25) is 0 Å². The molecule has 0 aromatic heterocycles. The number of nitrogens with zero attached hydrogens (tertiary/aromatic N) is 1. The molecule has 3 heteroatoms. The fraction of sp³-hybridized carbons (Fsp3) is 0.538. The number of hydrogen-bond acceptors (Lipinski definition) is 3. The highest BCUT2D eigenvalue weighted by Gasteiger charge is 2.46. The molecule has 1 spiro atoms. The van der Waals surface area contributed by atoms with Crippen LogP contribution in [0.2, 0.25) is 0 Å². The van der Waals surface area contributed by atoms with E-state index in [1.54, 1.807) is 0 Å². The molecule has 2 heterocycles. The van der Waals surface area contributed by atoms with Gasteiger partial charge in [0.05, 0.1) is 5.60 Å². The van der Waals surface area contributed by atoms with Crippen LogP contribution in [0, 0.1) is 5.41 Å². The molecule has 0 amide bonds. The zero-order chi connectivity index (χ0) is 20.4. The minimum Gasteiger partial charge on any atom is -0.379 e. The Bertz CT molecular complexity index is 749. The molecule has 156 valence electrons. The number of piperidine rings is 1. The molecule has 2 aliphatic heterocycles. The van der Waals surface area contributed by atoms with E-state index >= 15 is 0 Å². The third-order valence-corrected chi connectivity index (χ3v) is 7.28. The predicted octanol–water partition coefficient (Wildman–Crippen LogP) is 4.98. The van der Waals surface area contributed by atoms with E-state index in [2.05, 4.69) is 43.0 Å². The van der Waals surface area contributed by atoms with Crippen LogP contribution >= 0.6 is 0 Å². The van der Waals surface area contributed by atoms with Gasteiger partial charge in [-0.3, -0.25) is 4.90 Å². The zero-order valence-corrected chi connectivity index (χ0v) is 17.9. The molecule has 0 radical (unpaired) electrons. The first kappa shape index (κ1) is 20.6. The molecule has 4 rings (SSSR count). The molecule has 2 aromatic carbocycles. The zero-order valence-electron chi connectivity index (χ0n) is 17.9. The number of aliphatic hydroxyl groups is 1. The average molecular weight is 394 g/mol. The maximum atomic E-state index is 12.0. The molecular formula is C26H35NO2. The van der Waals surface area contributed by atoms with Crippen LogP contribution < -0.4 is 0 Å². The van der Waals surface area contributed by atoms with Crippen molar-refractivity contribution in [3.05, 3.63) is 71.8 Å². The predicted molar refractivity (Wildman–Crippen MR) is 118 cm³/mol. The van der Waals surface area contributed by atoms with Gasteiger partial charge in [-0.05, 0) is 62.1 Å². The number of benzene rings is 2. The Kier molecular flexibility index (Phi) is 5.83. The van der Waals surface area contributed by atoms with E-state index < -0.39 is 5.60 Å². The Morgan fingerprint density at radius 2 is 1.62 bits per heavy atom. The average Bonchev–Trinajstić information content (AvgIpc) is 2.75. The molecule has 1 N–H and O–H groups in total. The van der Waals surface area contributed by atoms with Crippen molar-refractivity contribution in [1.82, 2.24) is 4.90 Å². The fourth-order valence-corrected chi connectivity index (χ4v) is 5.57. The van der Waals surface area contributed by atoms with Crippen molar-refractivity contribution in [3.63, 3.8) is 0 Å². The summed E-state index contributed by atoms with van der Waals surface area (Å²) >= 11 is 0. The first-order valence-corrected chi connectivity index (χ1v) is 11.2. The van der Waals surface area contributed by atoms with Crippen LogP contribution in [-0.2, 0) is 10.3 Å². The summed E-state index contributed by atoms with van der Waals surface area (Å²) in [6.07, 6.45) is 5.79. The Morgan fingerprint density at radius 1 is 1.00 bits per heavy atom. The van der Waals surface area contributed by atoms with E-state index in [1.165, 1.54) is 12.8 Å². The lowest BCUT2D eigenvalue weighted by Gasteiger charge is -2.51. The van der Waals surface area contributed by atoms with Crippen molar-refractivity contribution in [2.75, 3.05) is 26.2 Å². The van der Waals surface area contributed by atoms with Gasteiger partial charge in [-0.15, -0.1) is 0 Å². The van der Waals surface area contributed by atoms with Crippen molar-refractivity contribution in [3.8, 4) is 0 Å². The highest BCUT2D eigenvalue weighted by molar-refractivity contribution is 5.36. The lowest BCUT2D eigenvalue weighted by Crippen LogP contribution is -2.54. The molecule has 29 heavy (non-hydrogen) atoms. The number of ether oxygens (including phenoxy) is 1. The van der Waals surface area contributed by atoms with E-state index in [4.69, 9.17) is 4.74 Å². The highest BCUT2D eigenvalue weighted by atomic mass is 16.5. The van der Waals surface area contributed by atoms with E-state index in [1.807, 2.05) is 36.4 Å². The van der Waals surface area contributed by atoms with Gasteiger partial charge < -0.3 is 9.84 Å².